The average Bonchev–Trinajstić information content (AvgIpc) is 2.58. The van der Waals surface area contributed by atoms with Gasteiger partial charge in [0, 0.05) is 30.2 Å². The first-order valence-electron chi connectivity index (χ1n) is 7.23. The van der Waals surface area contributed by atoms with Gasteiger partial charge in [0.15, 0.2) is 0 Å². The van der Waals surface area contributed by atoms with E-state index in [2.05, 4.69) is 15.0 Å². The molecule has 1 aromatic heterocycles. The molecule has 0 unspecified atom stereocenters. The molecular formula is C16H17N4O4. The normalized spacial score (nSPS) is 10.2. The van der Waals surface area contributed by atoms with Gasteiger partial charge in [-0.1, -0.05) is 0 Å². The summed E-state index contributed by atoms with van der Waals surface area (Å²) >= 11 is 0. The first-order valence-corrected chi connectivity index (χ1v) is 7.23. The standard InChI is InChI=1S/C16H17N4O4/c17-16(23)24-10-2-1-7-19-15(22)12-3-5-13(6-4-12)20-9-8-18-11-14(20)21/h1,3-6,8-9,11H,2,7,10H2,(H2,17,23)(H,19,22). The van der Waals surface area contributed by atoms with E-state index < -0.39 is 6.09 Å². The lowest BCUT2D eigenvalue weighted by Crippen LogP contribution is -2.25. The molecule has 1 aromatic carbocycles. The number of hydrogen-bond acceptors (Lipinski definition) is 5. The summed E-state index contributed by atoms with van der Waals surface area (Å²) in [6, 6.07) is 6.63. The SMILES string of the molecule is NC(=O)OCC[CH]CNC(=O)c1ccc(-n2ccncc2=O)cc1. The van der Waals surface area contributed by atoms with Gasteiger partial charge in [-0.15, -0.1) is 0 Å². The van der Waals surface area contributed by atoms with Gasteiger partial charge in [0.1, 0.15) is 0 Å². The quantitative estimate of drug-likeness (QED) is 0.724. The number of amides is 2. The third kappa shape index (κ3) is 4.94. The lowest BCUT2D eigenvalue weighted by Gasteiger charge is -2.07. The second-order valence-corrected chi connectivity index (χ2v) is 4.79. The van der Waals surface area contributed by atoms with Gasteiger partial charge in [0.05, 0.1) is 12.8 Å². The Bertz CT molecular complexity index is 755. The van der Waals surface area contributed by atoms with Gasteiger partial charge in [-0.2, -0.15) is 0 Å². The number of ether oxygens (including phenoxy) is 1. The number of nitrogens with one attached hydrogen (secondary N) is 1. The van der Waals surface area contributed by atoms with Gasteiger partial charge in [0.25, 0.3) is 11.5 Å². The number of benzene rings is 1. The first kappa shape index (κ1) is 17.2. The number of aromatic nitrogens is 2. The molecule has 125 valence electrons. The third-order valence-corrected chi connectivity index (χ3v) is 3.11. The van der Waals surface area contributed by atoms with E-state index in [1.54, 1.807) is 36.9 Å². The van der Waals surface area contributed by atoms with E-state index in [1.807, 2.05) is 0 Å². The molecule has 24 heavy (non-hydrogen) atoms. The molecule has 3 N–H and O–H groups in total. The van der Waals surface area contributed by atoms with Gasteiger partial charge >= 0.3 is 6.09 Å². The summed E-state index contributed by atoms with van der Waals surface area (Å²) in [5.74, 6) is -0.240. The monoisotopic (exact) mass is 329 g/mol. The number of carbonyl (C=O) groups excluding carboxylic acids is 2. The van der Waals surface area contributed by atoms with Crippen molar-refractivity contribution in [1.82, 2.24) is 14.9 Å². The summed E-state index contributed by atoms with van der Waals surface area (Å²) in [4.78, 5) is 37.8. The van der Waals surface area contributed by atoms with Crippen LogP contribution in [0.5, 0.6) is 0 Å². The number of nitrogens with two attached hydrogens (primary N) is 1. The maximum Gasteiger partial charge on any atom is 0.404 e. The van der Waals surface area contributed by atoms with Gasteiger partial charge in [-0.25, -0.2) is 4.79 Å². The fraction of sp³-hybridized carbons (Fsp3) is 0.188. The molecule has 0 aliphatic carbocycles. The molecule has 0 saturated carbocycles. The number of hydrogen-bond donors (Lipinski definition) is 2. The molecule has 2 rings (SSSR count). The Morgan fingerprint density at radius 1 is 1.29 bits per heavy atom. The maximum absolute atomic E-state index is 12.0. The Morgan fingerprint density at radius 2 is 2.04 bits per heavy atom. The molecule has 0 saturated heterocycles. The predicted octanol–water partition coefficient (Wildman–Crippen LogP) is 0.652. The lowest BCUT2D eigenvalue weighted by atomic mass is 10.2. The smallest absolute Gasteiger partial charge is 0.404 e. The summed E-state index contributed by atoms with van der Waals surface area (Å²) in [6.07, 6.45) is 5.73. The Balaban J connectivity index is 1.84. The van der Waals surface area contributed by atoms with Crippen LogP contribution in [0.2, 0.25) is 0 Å². The van der Waals surface area contributed by atoms with Crippen LogP contribution in [0.25, 0.3) is 5.69 Å². The molecule has 0 aliphatic heterocycles. The van der Waals surface area contributed by atoms with Crippen molar-refractivity contribution in [2.24, 2.45) is 5.73 Å². The van der Waals surface area contributed by atoms with Crippen LogP contribution in [0, 0.1) is 6.42 Å². The van der Waals surface area contributed by atoms with E-state index in [9.17, 15) is 14.4 Å². The average molecular weight is 329 g/mol. The summed E-state index contributed by atoms with van der Waals surface area (Å²) < 4.78 is 5.99. The number of nitrogens with zero attached hydrogens (tertiary/aromatic N) is 2. The number of rotatable bonds is 7. The van der Waals surface area contributed by atoms with Crippen LogP contribution in [-0.2, 0) is 4.74 Å². The largest absolute Gasteiger partial charge is 0.450 e. The van der Waals surface area contributed by atoms with Crippen LogP contribution < -0.4 is 16.6 Å². The maximum atomic E-state index is 12.0. The highest BCUT2D eigenvalue weighted by molar-refractivity contribution is 5.94. The van der Waals surface area contributed by atoms with Crippen LogP contribution >= 0.6 is 0 Å². The van der Waals surface area contributed by atoms with Gasteiger partial charge in [-0.05, 0) is 37.1 Å². The van der Waals surface area contributed by atoms with Crippen LogP contribution in [0.4, 0.5) is 4.79 Å². The summed E-state index contributed by atoms with van der Waals surface area (Å²) in [6.45, 7) is 0.521. The Hall–Kier alpha value is -3.16. The van der Waals surface area contributed by atoms with Crippen molar-refractivity contribution in [3.8, 4) is 5.69 Å². The Morgan fingerprint density at radius 3 is 2.71 bits per heavy atom. The Labute approximate surface area is 138 Å². The molecule has 0 aliphatic rings. The van der Waals surface area contributed by atoms with Crippen LogP contribution in [0.3, 0.4) is 0 Å². The molecule has 2 amide bonds. The fourth-order valence-corrected chi connectivity index (χ4v) is 1.95. The lowest BCUT2D eigenvalue weighted by molar-refractivity contribution is 0.0955. The van der Waals surface area contributed by atoms with Crippen LogP contribution in [-0.4, -0.2) is 34.7 Å². The van der Waals surface area contributed by atoms with Crippen LogP contribution in [0.1, 0.15) is 16.8 Å². The second-order valence-electron chi connectivity index (χ2n) is 4.79. The first-order chi connectivity index (χ1) is 11.6. The number of carbonyl (C=O) groups is 2. The molecular weight excluding hydrogens is 312 g/mol. The minimum atomic E-state index is -0.819. The molecule has 0 fully saturated rings. The molecule has 1 heterocycles. The minimum Gasteiger partial charge on any atom is -0.450 e. The van der Waals surface area contributed by atoms with Crippen molar-refractivity contribution < 1.29 is 14.3 Å². The molecule has 0 bridgehead atoms. The van der Waals surface area contributed by atoms with Crippen molar-refractivity contribution >= 4 is 12.0 Å². The topological polar surface area (TPSA) is 116 Å². The molecule has 8 nitrogen and oxygen atoms in total. The predicted molar refractivity (Wildman–Crippen MR) is 86.6 cm³/mol. The number of primary amides is 1. The van der Waals surface area contributed by atoms with Crippen molar-refractivity contribution in [1.29, 1.82) is 0 Å². The van der Waals surface area contributed by atoms with Gasteiger partial charge in [0.2, 0.25) is 0 Å². The zero-order valence-electron chi connectivity index (χ0n) is 12.8. The summed E-state index contributed by atoms with van der Waals surface area (Å²) in [7, 11) is 0. The molecule has 2 aromatic rings. The molecule has 8 heteroatoms. The zero-order chi connectivity index (χ0) is 17.4. The van der Waals surface area contributed by atoms with Crippen molar-refractivity contribution in [3.05, 3.63) is 65.2 Å². The zero-order valence-corrected chi connectivity index (χ0v) is 12.8. The summed E-state index contributed by atoms with van der Waals surface area (Å²) in [5, 5.41) is 2.71. The highest BCUT2D eigenvalue weighted by atomic mass is 16.5. The molecule has 1 radical (unpaired) electrons. The van der Waals surface area contributed by atoms with Crippen molar-refractivity contribution in [2.45, 2.75) is 6.42 Å². The van der Waals surface area contributed by atoms with E-state index >= 15 is 0 Å². The molecule has 0 atom stereocenters. The second kappa shape index (κ2) is 8.47. The van der Waals surface area contributed by atoms with Crippen LogP contribution in [0.15, 0.2) is 47.7 Å². The van der Waals surface area contributed by atoms with E-state index in [1.165, 1.54) is 17.0 Å². The highest BCUT2D eigenvalue weighted by Crippen LogP contribution is 2.07. The Kier molecular flexibility index (Phi) is 6.07. The third-order valence-electron chi connectivity index (χ3n) is 3.11. The minimum absolute atomic E-state index is 0.181. The van der Waals surface area contributed by atoms with E-state index in [4.69, 9.17) is 5.73 Å². The fourth-order valence-electron chi connectivity index (χ4n) is 1.95. The van der Waals surface area contributed by atoms with Crippen molar-refractivity contribution in [3.63, 3.8) is 0 Å². The summed E-state index contributed by atoms with van der Waals surface area (Å²) in [5.41, 5.74) is 5.70. The van der Waals surface area contributed by atoms with E-state index in [-0.39, 0.29) is 18.1 Å². The highest BCUT2D eigenvalue weighted by Gasteiger charge is 2.06. The van der Waals surface area contributed by atoms with E-state index in [0.29, 0.717) is 24.2 Å². The number of unbranched alkanes of at least 4 members (excludes halogenated alkanes) is 1. The van der Waals surface area contributed by atoms with Gasteiger partial charge < -0.3 is 15.8 Å². The van der Waals surface area contributed by atoms with Crippen molar-refractivity contribution in [2.75, 3.05) is 13.2 Å². The molecule has 0 spiro atoms. The van der Waals surface area contributed by atoms with Gasteiger partial charge in [-0.3, -0.25) is 19.1 Å². The van der Waals surface area contributed by atoms with E-state index in [0.717, 1.165) is 0 Å².